The molecule has 3 aromatic carbocycles. The first kappa shape index (κ1) is 21.0. The Hall–Kier alpha value is -1.75. The maximum Gasteiger partial charge on any atom is 0.124 e. The molecule has 0 saturated heterocycles. The number of aliphatic hydroxyl groups is 1. The highest BCUT2D eigenvalue weighted by molar-refractivity contribution is 6.42. The van der Waals surface area contributed by atoms with Crippen LogP contribution in [-0.4, -0.2) is 11.7 Å². The predicted octanol–water partition coefficient (Wildman–Crippen LogP) is 6.05. The number of rotatable bonds is 8. The summed E-state index contributed by atoms with van der Waals surface area (Å²) >= 11 is 18.2. The highest BCUT2D eigenvalue weighted by Gasteiger charge is 2.09. The lowest BCUT2D eigenvalue weighted by Crippen LogP contribution is -2.21. The lowest BCUT2D eigenvalue weighted by atomic mass is 10.1. The van der Waals surface area contributed by atoms with Crippen LogP contribution in [0.2, 0.25) is 15.1 Å². The first-order chi connectivity index (χ1) is 13.5. The van der Waals surface area contributed by atoms with Gasteiger partial charge in [-0.3, -0.25) is 0 Å². The van der Waals surface area contributed by atoms with Crippen LogP contribution in [0.15, 0.2) is 66.7 Å². The molecular weight excluding hydrogens is 417 g/mol. The highest BCUT2D eigenvalue weighted by atomic mass is 35.5. The molecule has 28 heavy (non-hydrogen) atoms. The van der Waals surface area contributed by atoms with Crippen molar-refractivity contribution in [2.24, 2.45) is 0 Å². The fourth-order valence-electron chi connectivity index (χ4n) is 2.75. The molecule has 6 heteroatoms. The van der Waals surface area contributed by atoms with Crippen LogP contribution in [-0.2, 0) is 13.2 Å². The second-order valence-corrected chi connectivity index (χ2v) is 7.60. The largest absolute Gasteiger partial charge is 0.489 e. The maximum absolute atomic E-state index is 10.3. The van der Waals surface area contributed by atoms with Crippen molar-refractivity contribution in [2.75, 3.05) is 6.54 Å². The Morgan fingerprint density at radius 1 is 0.893 bits per heavy atom. The average Bonchev–Trinajstić information content (AvgIpc) is 2.70. The van der Waals surface area contributed by atoms with Gasteiger partial charge in [-0.2, -0.15) is 0 Å². The number of halogens is 3. The topological polar surface area (TPSA) is 41.5 Å². The van der Waals surface area contributed by atoms with Gasteiger partial charge in [0.15, 0.2) is 0 Å². The molecule has 0 aliphatic rings. The van der Waals surface area contributed by atoms with Crippen LogP contribution in [0.25, 0.3) is 0 Å². The zero-order chi connectivity index (χ0) is 19.9. The molecule has 1 atom stereocenters. The summed E-state index contributed by atoms with van der Waals surface area (Å²) in [5.41, 5.74) is 2.70. The van der Waals surface area contributed by atoms with Gasteiger partial charge in [-0.1, -0.05) is 71.2 Å². The number of aliphatic hydroxyl groups excluding tert-OH is 1. The summed E-state index contributed by atoms with van der Waals surface area (Å²) in [6.07, 6.45) is -0.582. The second kappa shape index (κ2) is 10.1. The number of hydrogen-bond donors (Lipinski definition) is 2. The Kier molecular flexibility index (Phi) is 7.60. The monoisotopic (exact) mass is 435 g/mol. The minimum Gasteiger partial charge on any atom is -0.489 e. The maximum atomic E-state index is 10.3. The molecule has 0 spiro atoms. The number of benzene rings is 3. The van der Waals surface area contributed by atoms with Gasteiger partial charge in [-0.15, -0.1) is 0 Å². The molecular formula is C22H20Cl3NO2. The Morgan fingerprint density at radius 3 is 2.43 bits per heavy atom. The normalized spacial score (nSPS) is 12.0. The first-order valence-corrected chi connectivity index (χ1v) is 9.95. The molecule has 0 aliphatic carbocycles. The van der Waals surface area contributed by atoms with E-state index in [1.165, 1.54) is 0 Å². The van der Waals surface area contributed by atoms with Gasteiger partial charge in [0.1, 0.15) is 12.4 Å². The van der Waals surface area contributed by atoms with Gasteiger partial charge in [0.2, 0.25) is 0 Å². The van der Waals surface area contributed by atoms with Crippen LogP contribution < -0.4 is 10.1 Å². The summed E-state index contributed by atoms with van der Waals surface area (Å²) in [4.78, 5) is 0. The fourth-order valence-corrected chi connectivity index (χ4v) is 3.27. The van der Waals surface area contributed by atoms with E-state index in [9.17, 15) is 5.11 Å². The van der Waals surface area contributed by atoms with Crippen LogP contribution in [0.4, 0.5) is 0 Å². The summed E-state index contributed by atoms with van der Waals surface area (Å²) < 4.78 is 5.95. The van der Waals surface area contributed by atoms with Crippen molar-refractivity contribution < 1.29 is 9.84 Å². The highest BCUT2D eigenvalue weighted by Crippen LogP contribution is 2.26. The molecule has 3 rings (SSSR count). The van der Waals surface area contributed by atoms with Gasteiger partial charge >= 0.3 is 0 Å². The smallest absolute Gasteiger partial charge is 0.124 e. The molecule has 0 bridgehead atoms. The van der Waals surface area contributed by atoms with Gasteiger partial charge in [0.25, 0.3) is 0 Å². The van der Waals surface area contributed by atoms with Crippen molar-refractivity contribution in [1.82, 2.24) is 5.32 Å². The van der Waals surface area contributed by atoms with Crippen molar-refractivity contribution in [3.05, 3.63) is 98.5 Å². The zero-order valence-electron chi connectivity index (χ0n) is 15.0. The van der Waals surface area contributed by atoms with Gasteiger partial charge in [-0.25, -0.2) is 0 Å². The molecule has 0 saturated carbocycles. The summed E-state index contributed by atoms with van der Waals surface area (Å²) in [6, 6.07) is 20.4. The lowest BCUT2D eigenvalue weighted by Gasteiger charge is -2.15. The Morgan fingerprint density at radius 2 is 1.68 bits per heavy atom. The fraction of sp³-hybridized carbons (Fsp3) is 0.182. The molecule has 3 nitrogen and oxygen atoms in total. The number of ether oxygens (including phenoxy) is 1. The SMILES string of the molecule is O[C@H](CNCc1cc(Cl)ccc1OCc1ccc(Cl)c(Cl)c1)c1ccccc1. The minimum atomic E-state index is -0.582. The van der Waals surface area contributed by atoms with Crippen molar-refractivity contribution in [2.45, 2.75) is 19.3 Å². The van der Waals surface area contributed by atoms with Crippen molar-refractivity contribution in [1.29, 1.82) is 0 Å². The molecule has 0 fully saturated rings. The number of nitrogens with one attached hydrogen (secondary N) is 1. The van der Waals surface area contributed by atoms with E-state index in [0.29, 0.717) is 34.8 Å². The molecule has 3 aromatic rings. The third kappa shape index (κ3) is 5.87. The van der Waals surface area contributed by atoms with E-state index in [2.05, 4.69) is 5.32 Å². The summed E-state index contributed by atoms with van der Waals surface area (Å²) in [7, 11) is 0. The molecule has 0 aromatic heterocycles. The minimum absolute atomic E-state index is 0.359. The number of hydrogen-bond acceptors (Lipinski definition) is 3. The van der Waals surface area contributed by atoms with E-state index < -0.39 is 6.10 Å². The quantitative estimate of drug-likeness (QED) is 0.452. The lowest BCUT2D eigenvalue weighted by molar-refractivity contribution is 0.174. The summed E-state index contributed by atoms with van der Waals surface area (Å²) in [5, 5.41) is 15.2. The van der Waals surface area contributed by atoms with E-state index in [1.54, 1.807) is 18.2 Å². The van der Waals surface area contributed by atoms with Crippen molar-refractivity contribution in [3.63, 3.8) is 0 Å². The molecule has 0 radical (unpaired) electrons. The molecule has 0 amide bonds. The van der Waals surface area contributed by atoms with E-state index in [4.69, 9.17) is 39.5 Å². The van der Waals surface area contributed by atoms with Crippen LogP contribution in [0.1, 0.15) is 22.8 Å². The van der Waals surface area contributed by atoms with Gasteiger partial charge in [0, 0.05) is 23.7 Å². The van der Waals surface area contributed by atoms with Crippen molar-refractivity contribution in [3.8, 4) is 5.75 Å². The van der Waals surface area contributed by atoms with Gasteiger partial charge < -0.3 is 15.2 Å². The average molecular weight is 437 g/mol. The zero-order valence-corrected chi connectivity index (χ0v) is 17.3. The van der Waals surface area contributed by atoms with E-state index in [1.807, 2.05) is 48.5 Å². The predicted molar refractivity (Wildman–Crippen MR) is 115 cm³/mol. The Bertz CT molecular complexity index is 919. The molecule has 2 N–H and O–H groups in total. The van der Waals surface area contributed by atoms with Crippen molar-refractivity contribution >= 4 is 34.8 Å². The molecule has 0 unspecified atom stereocenters. The van der Waals surface area contributed by atoms with Crippen LogP contribution in [0.5, 0.6) is 5.75 Å². The van der Waals surface area contributed by atoms with Crippen LogP contribution in [0.3, 0.4) is 0 Å². The van der Waals surface area contributed by atoms with E-state index in [-0.39, 0.29) is 0 Å². The first-order valence-electron chi connectivity index (χ1n) is 8.82. The molecule has 146 valence electrons. The standard InChI is InChI=1S/C22H20Cl3NO2/c23-18-7-9-22(28-14-15-6-8-19(24)20(25)10-15)17(11-18)12-26-13-21(27)16-4-2-1-3-5-16/h1-11,21,26-27H,12-14H2/t21-/m1/s1. The van der Waals surface area contributed by atoms with Gasteiger partial charge in [0.05, 0.1) is 16.1 Å². The van der Waals surface area contributed by atoms with Gasteiger partial charge in [-0.05, 0) is 41.5 Å². The van der Waals surface area contributed by atoms with E-state index in [0.717, 1.165) is 22.4 Å². The van der Waals surface area contributed by atoms with Crippen LogP contribution >= 0.6 is 34.8 Å². The Balaban J connectivity index is 1.61. The third-order valence-corrected chi connectivity index (χ3v) is 5.21. The molecule has 0 aliphatic heterocycles. The van der Waals surface area contributed by atoms with Crippen LogP contribution in [0, 0.1) is 0 Å². The second-order valence-electron chi connectivity index (χ2n) is 6.35. The van der Waals surface area contributed by atoms with E-state index >= 15 is 0 Å². The summed E-state index contributed by atoms with van der Waals surface area (Å²) in [5.74, 6) is 0.720. The molecule has 0 heterocycles. The third-order valence-electron chi connectivity index (χ3n) is 4.24. The summed E-state index contributed by atoms with van der Waals surface area (Å²) in [6.45, 7) is 1.29. The Labute approximate surface area is 179 Å².